The van der Waals surface area contributed by atoms with Gasteiger partial charge in [0.2, 0.25) is 0 Å². The Hall–Kier alpha value is -1.81. The third-order valence-corrected chi connectivity index (χ3v) is 3.31. The zero-order valence-electron chi connectivity index (χ0n) is 10.9. The van der Waals surface area contributed by atoms with Crippen molar-refractivity contribution in [3.05, 3.63) is 48.3 Å². The number of rotatable bonds is 5. The SMILES string of the molecule is c1ccc(Cn2cc(OCC3CCOC3)cn2)cc1. The molecule has 0 bridgehead atoms. The standard InChI is InChI=1S/C15H18N2O2/c1-2-4-13(5-3-1)9-17-10-15(8-16-17)19-12-14-6-7-18-11-14/h1-5,8,10,14H,6-7,9,11-12H2. The number of benzene rings is 1. The summed E-state index contributed by atoms with van der Waals surface area (Å²) in [4.78, 5) is 0. The first-order valence-electron chi connectivity index (χ1n) is 6.67. The van der Waals surface area contributed by atoms with Crippen LogP contribution in [0.5, 0.6) is 5.75 Å². The maximum absolute atomic E-state index is 5.74. The highest BCUT2D eigenvalue weighted by Crippen LogP contribution is 2.16. The second kappa shape index (κ2) is 5.89. The molecule has 4 nitrogen and oxygen atoms in total. The molecule has 0 saturated carbocycles. The first-order chi connectivity index (χ1) is 9.40. The van der Waals surface area contributed by atoms with E-state index in [1.807, 2.05) is 29.1 Å². The molecule has 3 rings (SSSR count). The van der Waals surface area contributed by atoms with Crippen LogP contribution in [0, 0.1) is 5.92 Å². The van der Waals surface area contributed by atoms with E-state index in [2.05, 4.69) is 17.2 Å². The van der Waals surface area contributed by atoms with Crippen molar-refractivity contribution in [2.24, 2.45) is 5.92 Å². The van der Waals surface area contributed by atoms with Gasteiger partial charge in [-0.2, -0.15) is 5.10 Å². The molecule has 0 aliphatic carbocycles. The molecule has 0 radical (unpaired) electrons. The van der Waals surface area contributed by atoms with Crippen LogP contribution in [0.2, 0.25) is 0 Å². The van der Waals surface area contributed by atoms with Crippen LogP contribution in [-0.4, -0.2) is 29.6 Å². The van der Waals surface area contributed by atoms with Gasteiger partial charge in [-0.25, -0.2) is 0 Å². The molecule has 19 heavy (non-hydrogen) atoms. The van der Waals surface area contributed by atoms with E-state index in [1.54, 1.807) is 6.20 Å². The molecule has 1 atom stereocenters. The molecule has 1 aliphatic rings. The number of nitrogens with zero attached hydrogens (tertiary/aromatic N) is 2. The van der Waals surface area contributed by atoms with Crippen LogP contribution in [0.15, 0.2) is 42.7 Å². The second-order valence-corrected chi connectivity index (χ2v) is 4.90. The molecular weight excluding hydrogens is 240 g/mol. The van der Waals surface area contributed by atoms with Crippen molar-refractivity contribution in [1.82, 2.24) is 9.78 Å². The van der Waals surface area contributed by atoms with Gasteiger partial charge in [0.15, 0.2) is 5.75 Å². The lowest BCUT2D eigenvalue weighted by Gasteiger charge is -2.07. The Labute approximate surface area is 113 Å². The van der Waals surface area contributed by atoms with Crippen molar-refractivity contribution < 1.29 is 9.47 Å². The zero-order chi connectivity index (χ0) is 12.9. The van der Waals surface area contributed by atoms with Crippen LogP contribution in [0.25, 0.3) is 0 Å². The quantitative estimate of drug-likeness (QED) is 0.826. The van der Waals surface area contributed by atoms with Crippen LogP contribution in [0.4, 0.5) is 0 Å². The van der Waals surface area contributed by atoms with Crippen LogP contribution in [0.1, 0.15) is 12.0 Å². The monoisotopic (exact) mass is 258 g/mol. The van der Waals surface area contributed by atoms with E-state index in [0.29, 0.717) is 5.92 Å². The largest absolute Gasteiger partial charge is 0.490 e. The smallest absolute Gasteiger partial charge is 0.157 e. The molecule has 2 aromatic rings. The number of ether oxygens (including phenoxy) is 2. The van der Waals surface area contributed by atoms with Gasteiger partial charge >= 0.3 is 0 Å². The summed E-state index contributed by atoms with van der Waals surface area (Å²) < 4.78 is 13.0. The summed E-state index contributed by atoms with van der Waals surface area (Å²) in [7, 11) is 0. The summed E-state index contributed by atoms with van der Waals surface area (Å²) >= 11 is 0. The predicted octanol–water partition coefficient (Wildman–Crippen LogP) is 2.35. The lowest BCUT2D eigenvalue weighted by atomic mass is 10.1. The summed E-state index contributed by atoms with van der Waals surface area (Å²) in [6.07, 6.45) is 4.82. The highest BCUT2D eigenvalue weighted by Gasteiger charge is 2.16. The molecule has 1 aromatic carbocycles. The fourth-order valence-electron chi connectivity index (χ4n) is 2.20. The van der Waals surface area contributed by atoms with E-state index in [1.165, 1.54) is 5.56 Å². The molecular formula is C15H18N2O2. The highest BCUT2D eigenvalue weighted by molar-refractivity contribution is 5.17. The van der Waals surface area contributed by atoms with Crippen molar-refractivity contribution in [2.75, 3.05) is 19.8 Å². The third kappa shape index (κ3) is 3.35. The Bertz CT molecular complexity index is 504. The summed E-state index contributed by atoms with van der Waals surface area (Å²) in [6.45, 7) is 3.17. The summed E-state index contributed by atoms with van der Waals surface area (Å²) in [5.74, 6) is 1.36. The van der Waals surface area contributed by atoms with E-state index in [4.69, 9.17) is 9.47 Å². The van der Waals surface area contributed by atoms with Gasteiger partial charge in [0, 0.05) is 12.5 Å². The molecule has 0 N–H and O–H groups in total. The van der Waals surface area contributed by atoms with Crippen LogP contribution < -0.4 is 4.74 Å². The zero-order valence-corrected chi connectivity index (χ0v) is 10.9. The summed E-state index contributed by atoms with van der Waals surface area (Å²) in [6, 6.07) is 10.3. The van der Waals surface area contributed by atoms with Crippen molar-refractivity contribution in [1.29, 1.82) is 0 Å². The van der Waals surface area contributed by atoms with E-state index in [9.17, 15) is 0 Å². The van der Waals surface area contributed by atoms with E-state index < -0.39 is 0 Å². The Morgan fingerprint density at radius 3 is 3.00 bits per heavy atom. The molecule has 0 amide bonds. The van der Waals surface area contributed by atoms with Gasteiger partial charge in [-0.05, 0) is 12.0 Å². The highest BCUT2D eigenvalue weighted by atomic mass is 16.5. The first-order valence-corrected chi connectivity index (χ1v) is 6.67. The number of aromatic nitrogens is 2. The average molecular weight is 258 g/mol. The van der Waals surface area contributed by atoms with Crippen molar-refractivity contribution in [3.8, 4) is 5.75 Å². The maximum Gasteiger partial charge on any atom is 0.157 e. The van der Waals surface area contributed by atoms with Gasteiger partial charge in [0.25, 0.3) is 0 Å². The molecule has 1 aliphatic heterocycles. The minimum atomic E-state index is 0.525. The molecule has 1 fully saturated rings. The molecule has 1 aromatic heterocycles. The third-order valence-electron chi connectivity index (χ3n) is 3.31. The van der Waals surface area contributed by atoms with Crippen molar-refractivity contribution >= 4 is 0 Å². The lowest BCUT2D eigenvalue weighted by Crippen LogP contribution is -2.11. The minimum absolute atomic E-state index is 0.525. The number of hydrogen-bond acceptors (Lipinski definition) is 3. The fourth-order valence-corrected chi connectivity index (χ4v) is 2.20. The average Bonchev–Trinajstić information content (AvgIpc) is 3.09. The van der Waals surface area contributed by atoms with Gasteiger partial charge < -0.3 is 9.47 Å². The normalized spacial score (nSPS) is 18.6. The van der Waals surface area contributed by atoms with E-state index in [-0.39, 0.29) is 0 Å². The van der Waals surface area contributed by atoms with Gasteiger partial charge in [0.05, 0.1) is 32.2 Å². The fraction of sp³-hybridized carbons (Fsp3) is 0.400. The molecule has 4 heteroatoms. The van der Waals surface area contributed by atoms with Gasteiger partial charge in [-0.1, -0.05) is 30.3 Å². The minimum Gasteiger partial charge on any atom is -0.490 e. The second-order valence-electron chi connectivity index (χ2n) is 4.90. The topological polar surface area (TPSA) is 36.3 Å². The maximum atomic E-state index is 5.74. The van der Waals surface area contributed by atoms with E-state index >= 15 is 0 Å². The summed E-state index contributed by atoms with van der Waals surface area (Å²) in [5.41, 5.74) is 1.24. The predicted molar refractivity (Wildman–Crippen MR) is 72.2 cm³/mol. The summed E-state index contributed by atoms with van der Waals surface area (Å²) in [5, 5.41) is 4.32. The van der Waals surface area contributed by atoms with Gasteiger partial charge in [-0.15, -0.1) is 0 Å². The number of hydrogen-bond donors (Lipinski definition) is 0. The Morgan fingerprint density at radius 2 is 2.21 bits per heavy atom. The van der Waals surface area contributed by atoms with Gasteiger partial charge in [-0.3, -0.25) is 4.68 Å². The van der Waals surface area contributed by atoms with Crippen LogP contribution in [0.3, 0.4) is 0 Å². The molecule has 100 valence electrons. The molecule has 0 spiro atoms. The van der Waals surface area contributed by atoms with Crippen LogP contribution in [-0.2, 0) is 11.3 Å². The Kier molecular flexibility index (Phi) is 3.79. The van der Waals surface area contributed by atoms with Crippen molar-refractivity contribution in [3.63, 3.8) is 0 Å². The Morgan fingerprint density at radius 1 is 1.32 bits per heavy atom. The lowest BCUT2D eigenvalue weighted by molar-refractivity contribution is 0.167. The first kappa shape index (κ1) is 12.2. The molecule has 1 saturated heterocycles. The van der Waals surface area contributed by atoms with Crippen LogP contribution >= 0.6 is 0 Å². The van der Waals surface area contributed by atoms with Gasteiger partial charge in [0.1, 0.15) is 0 Å². The molecule has 1 unspecified atom stereocenters. The van der Waals surface area contributed by atoms with E-state index in [0.717, 1.165) is 38.5 Å². The van der Waals surface area contributed by atoms with Crippen molar-refractivity contribution in [2.45, 2.75) is 13.0 Å². The molecule has 2 heterocycles. The Balaban J connectivity index is 1.54.